The van der Waals surface area contributed by atoms with Gasteiger partial charge in [-0.2, -0.15) is 5.10 Å². The molecule has 11 heteroatoms. The Kier molecular flexibility index (Phi) is 14.1. The second kappa shape index (κ2) is 20.4. The fourth-order valence-electron chi connectivity index (χ4n) is 8.46. The summed E-state index contributed by atoms with van der Waals surface area (Å²) < 4.78 is 6.85. The van der Waals surface area contributed by atoms with Crippen LogP contribution in [0.25, 0.3) is 45.0 Å². The molecule has 0 aliphatic heterocycles. The van der Waals surface area contributed by atoms with Gasteiger partial charge in [-0.25, -0.2) is 14.6 Å². The first-order valence-electron chi connectivity index (χ1n) is 22.1. The molecule has 8 aromatic rings. The highest BCUT2D eigenvalue weighted by Crippen LogP contribution is 2.28. The van der Waals surface area contributed by atoms with Gasteiger partial charge >= 0.3 is 5.97 Å². The van der Waals surface area contributed by atoms with E-state index in [1.807, 2.05) is 32.9 Å². The lowest BCUT2D eigenvalue weighted by atomic mass is 9.98. The number of nitrogens with one attached hydrogen (secondary N) is 3. The number of carbonyl (C=O) groups is 1. The lowest BCUT2D eigenvalue weighted by Gasteiger charge is -2.16. The average Bonchev–Trinajstić information content (AvgIpc) is 4.17. The van der Waals surface area contributed by atoms with Crippen molar-refractivity contribution in [1.82, 2.24) is 40.6 Å². The molecule has 0 saturated heterocycles. The van der Waals surface area contributed by atoms with Crippen LogP contribution in [-0.2, 0) is 55.0 Å². The minimum atomic E-state index is -0.547. The number of carbonyl (C=O) groups excluding carboxylic acids is 1. The molecule has 6 aromatic carbocycles. The normalized spacial score (nSPS) is 13.3. The number of nitrogens with zero attached hydrogens (tertiary/aromatic N) is 5. The molecule has 0 bridgehead atoms. The molecule has 0 unspecified atom stereocenters. The van der Waals surface area contributed by atoms with Crippen molar-refractivity contribution >= 4 is 18.4 Å². The first-order chi connectivity index (χ1) is 31.2. The Labute approximate surface area is 387 Å². The Hall–Kier alpha value is -6.72. The second-order valence-electron chi connectivity index (χ2n) is 17.8. The molecule has 0 radical (unpaired) electrons. The number of benzene rings is 6. The highest BCUT2D eigenvalue weighted by atomic mass is 35.5. The number of rotatable bonds is 12. The van der Waals surface area contributed by atoms with Crippen molar-refractivity contribution in [3.63, 3.8) is 0 Å². The monoisotopic (exact) mass is 882 g/mol. The maximum Gasteiger partial charge on any atom is 0.313 e. The van der Waals surface area contributed by atoms with Crippen molar-refractivity contribution in [3.05, 3.63) is 192 Å². The van der Waals surface area contributed by atoms with Gasteiger partial charge < -0.3 is 15.4 Å². The molecule has 2 aromatic heterocycles. The summed E-state index contributed by atoms with van der Waals surface area (Å²) >= 11 is 0. The molecule has 0 amide bonds. The highest BCUT2D eigenvalue weighted by Gasteiger charge is 2.24. The smallest absolute Gasteiger partial charge is 0.313 e. The van der Waals surface area contributed by atoms with Crippen LogP contribution in [0.4, 0.5) is 0 Å². The maximum absolute atomic E-state index is 12.0. The molecule has 3 N–H and O–H groups in total. The Morgan fingerprint density at radius 2 is 1.09 bits per heavy atom. The van der Waals surface area contributed by atoms with Crippen LogP contribution in [0.5, 0.6) is 0 Å². The van der Waals surface area contributed by atoms with Crippen LogP contribution in [0.1, 0.15) is 54.2 Å². The number of esters is 1. The Morgan fingerprint density at radius 1 is 0.615 bits per heavy atom. The van der Waals surface area contributed by atoms with Gasteiger partial charge in [0.1, 0.15) is 12.7 Å². The highest BCUT2D eigenvalue weighted by molar-refractivity contribution is 5.85. The number of H-pyrrole nitrogens is 1. The van der Waals surface area contributed by atoms with Crippen molar-refractivity contribution in [2.24, 2.45) is 5.41 Å². The molecule has 2 aliphatic carbocycles. The lowest BCUT2D eigenvalue weighted by molar-refractivity contribution is -0.157. The molecule has 10 nitrogen and oxygen atoms in total. The summed E-state index contributed by atoms with van der Waals surface area (Å²) in [5.74, 6) is 1.13. The Balaban J connectivity index is 0.000000180. The fraction of sp³-hybridized carbons (Fsp3) is 0.241. The molecule has 2 aliphatic rings. The van der Waals surface area contributed by atoms with Gasteiger partial charge in [0.25, 0.3) is 0 Å². The molecule has 330 valence electrons. The zero-order valence-corrected chi connectivity index (χ0v) is 37.9. The first-order valence-corrected chi connectivity index (χ1v) is 22.1. The summed E-state index contributed by atoms with van der Waals surface area (Å²) in [7, 11) is 0. The first kappa shape index (κ1) is 44.9. The predicted molar refractivity (Wildman–Crippen MR) is 260 cm³/mol. The second-order valence-corrected chi connectivity index (χ2v) is 17.8. The van der Waals surface area contributed by atoms with E-state index in [2.05, 4.69) is 169 Å². The molecule has 10 rings (SSSR count). The van der Waals surface area contributed by atoms with Gasteiger partial charge in [-0.05, 0) is 114 Å². The van der Waals surface area contributed by atoms with Gasteiger partial charge in [0, 0.05) is 36.3 Å². The third kappa shape index (κ3) is 11.3. The van der Waals surface area contributed by atoms with E-state index in [9.17, 15) is 4.79 Å². The zero-order chi connectivity index (χ0) is 43.9. The van der Waals surface area contributed by atoms with E-state index >= 15 is 0 Å². The maximum atomic E-state index is 12.0. The van der Waals surface area contributed by atoms with Crippen molar-refractivity contribution in [1.29, 1.82) is 0 Å². The van der Waals surface area contributed by atoms with Crippen LogP contribution < -0.4 is 10.6 Å². The number of hydrogen-bond acceptors (Lipinski definition) is 8. The van der Waals surface area contributed by atoms with Gasteiger partial charge in [-0.15, -0.1) is 17.5 Å². The molecule has 0 spiro atoms. The van der Waals surface area contributed by atoms with Crippen molar-refractivity contribution < 1.29 is 9.53 Å². The van der Waals surface area contributed by atoms with E-state index < -0.39 is 5.41 Å². The van der Waals surface area contributed by atoms with Crippen molar-refractivity contribution in [3.8, 4) is 45.0 Å². The summed E-state index contributed by atoms with van der Waals surface area (Å²) in [6, 6.07) is 52.7. The fourth-order valence-corrected chi connectivity index (χ4v) is 8.46. The van der Waals surface area contributed by atoms with E-state index in [-0.39, 0.29) is 25.1 Å². The topological polar surface area (TPSA) is 123 Å². The van der Waals surface area contributed by atoms with Crippen LogP contribution >= 0.6 is 12.4 Å². The lowest BCUT2D eigenvalue weighted by Crippen LogP contribution is -2.28. The summed E-state index contributed by atoms with van der Waals surface area (Å²) in [6.45, 7) is 7.27. The van der Waals surface area contributed by atoms with E-state index in [4.69, 9.17) is 4.74 Å². The number of fused-ring (bicyclic) bond motifs is 2. The molecule has 0 atom stereocenters. The van der Waals surface area contributed by atoms with Gasteiger partial charge in [0.05, 0.1) is 5.41 Å². The van der Waals surface area contributed by atoms with E-state index in [0.29, 0.717) is 17.9 Å². The van der Waals surface area contributed by atoms with Gasteiger partial charge in [-0.1, -0.05) is 133 Å². The number of halogens is 1. The number of aromatic nitrogens is 6. The van der Waals surface area contributed by atoms with Crippen LogP contribution in [0, 0.1) is 5.41 Å². The molecule has 0 saturated carbocycles. The number of hydrogen-bond donors (Lipinski definition) is 3. The van der Waals surface area contributed by atoms with Gasteiger partial charge in [-0.3, -0.25) is 9.89 Å². The van der Waals surface area contributed by atoms with Gasteiger partial charge in [0.15, 0.2) is 18.4 Å². The Morgan fingerprint density at radius 3 is 1.55 bits per heavy atom. The molecular formula is C54H55ClN8O2. The number of ether oxygens (including phenoxy) is 1. The minimum absolute atomic E-state index is 0. The predicted octanol–water partition coefficient (Wildman–Crippen LogP) is 10.2. The van der Waals surface area contributed by atoms with Crippen molar-refractivity contribution in [2.45, 2.75) is 78.4 Å². The van der Waals surface area contributed by atoms with E-state index in [1.165, 1.54) is 61.1 Å². The standard InChI is InChI=1S/C30H32N4O2.C24H22N4.ClH/c1-30(2,3)29(35)36-20-34-19-32-28(33-34)23-13-11-22(12-14-23)24-10-6-7-21(15-24)18-31-27-16-25-8-4-5-9-26(25)17-27;1-2-6-22-14-23(13-21(22)5-1)25-15-17-4-3-7-20(12-17)18-8-10-19(11-9-18)24-26-16-27-28-24;/h4-15,19,27,31H,16-18,20H2,1-3H3;1-12,16,23,25H,13-15H2,(H,26,27,28);1H. The number of aromatic amines is 1. The van der Waals surface area contributed by atoms with Crippen LogP contribution in [-0.4, -0.2) is 48.0 Å². The van der Waals surface area contributed by atoms with E-state index in [0.717, 1.165) is 61.3 Å². The van der Waals surface area contributed by atoms with Crippen LogP contribution in [0.3, 0.4) is 0 Å². The van der Waals surface area contributed by atoms with Crippen LogP contribution in [0.15, 0.2) is 158 Å². The average molecular weight is 884 g/mol. The zero-order valence-electron chi connectivity index (χ0n) is 37.1. The summed E-state index contributed by atoms with van der Waals surface area (Å²) in [6.07, 6.45) is 7.55. The minimum Gasteiger partial charge on any atom is -0.442 e. The molecule has 65 heavy (non-hydrogen) atoms. The quantitative estimate of drug-likeness (QED) is 0.104. The third-order valence-electron chi connectivity index (χ3n) is 12.0. The Bertz CT molecular complexity index is 2760. The molecule has 2 heterocycles. The largest absolute Gasteiger partial charge is 0.442 e. The van der Waals surface area contributed by atoms with Gasteiger partial charge in [0.2, 0.25) is 0 Å². The molecular weight excluding hydrogens is 828 g/mol. The van der Waals surface area contributed by atoms with E-state index in [1.54, 1.807) is 6.33 Å². The SMILES string of the molecule is CC(C)(C)C(=O)OCn1cnc(-c2ccc(-c3cccc(CNC4Cc5ccccc5C4)c3)cc2)n1.Cl.c1cc(CNC2Cc3ccccc3C2)cc(-c2ccc(-c3ncn[nH]3)cc2)c1. The summed E-state index contributed by atoms with van der Waals surface area (Å²) in [5.41, 5.74) is 14.7. The van der Waals surface area contributed by atoms with Crippen LogP contribution in [0.2, 0.25) is 0 Å². The van der Waals surface area contributed by atoms with Crippen molar-refractivity contribution in [2.75, 3.05) is 0 Å². The molecule has 0 fully saturated rings. The summed E-state index contributed by atoms with van der Waals surface area (Å²) in [4.78, 5) is 20.6. The third-order valence-corrected chi connectivity index (χ3v) is 12.0. The summed E-state index contributed by atoms with van der Waals surface area (Å²) in [5, 5.41) is 18.7.